The highest BCUT2D eigenvalue weighted by atomic mass is 35.5. The molecule has 3 heteroatoms. The summed E-state index contributed by atoms with van der Waals surface area (Å²) in [5.74, 6) is 0.594. The zero-order chi connectivity index (χ0) is 13.2. The van der Waals surface area contributed by atoms with Gasteiger partial charge in [-0.25, -0.2) is 0 Å². The van der Waals surface area contributed by atoms with Gasteiger partial charge in [-0.3, -0.25) is 4.79 Å². The molecule has 1 saturated heterocycles. The van der Waals surface area contributed by atoms with E-state index in [1.165, 1.54) is 0 Å². The van der Waals surface area contributed by atoms with E-state index in [1.807, 2.05) is 26.0 Å². The minimum Gasteiger partial charge on any atom is -0.316 e. The highest BCUT2D eigenvalue weighted by molar-refractivity contribution is 6.31. The standard InChI is InChI=1S/C15H20ClNO/c1-15(2,12-6-4-8-17-10-12)14(18)11-5-3-7-13(16)9-11/h3,5,7,9,12,17H,4,6,8,10H2,1-2H3. The van der Waals surface area contributed by atoms with E-state index in [2.05, 4.69) is 5.32 Å². The zero-order valence-corrected chi connectivity index (χ0v) is 11.8. The average Bonchev–Trinajstić information content (AvgIpc) is 2.39. The molecule has 1 heterocycles. The van der Waals surface area contributed by atoms with Crippen LogP contribution in [0.25, 0.3) is 0 Å². The van der Waals surface area contributed by atoms with Gasteiger partial charge in [-0.2, -0.15) is 0 Å². The summed E-state index contributed by atoms with van der Waals surface area (Å²) in [6.07, 6.45) is 2.27. The molecule has 18 heavy (non-hydrogen) atoms. The fraction of sp³-hybridized carbons (Fsp3) is 0.533. The van der Waals surface area contributed by atoms with Crippen molar-refractivity contribution in [1.82, 2.24) is 5.32 Å². The minimum absolute atomic E-state index is 0.193. The number of hydrogen-bond acceptors (Lipinski definition) is 2. The molecule has 1 aliphatic rings. The molecule has 98 valence electrons. The second-order valence-electron chi connectivity index (χ2n) is 5.60. The Morgan fingerprint density at radius 2 is 2.22 bits per heavy atom. The molecule has 0 radical (unpaired) electrons. The number of ketones is 1. The Morgan fingerprint density at radius 1 is 1.44 bits per heavy atom. The highest BCUT2D eigenvalue weighted by Crippen LogP contribution is 2.35. The van der Waals surface area contributed by atoms with Crippen LogP contribution in [-0.4, -0.2) is 18.9 Å². The van der Waals surface area contributed by atoms with E-state index in [1.54, 1.807) is 12.1 Å². The van der Waals surface area contributed by atoms with Crippen molar-refractivity contribution in [3.8, 4) is 0 Å². The number of rotatable bonds is 3. The van der Waals surface area contributed by atoms with Crippen molar-refractivity contribution in [2.24, 2.45) is 11.3 Å². The average molecular weight is 266 g/mol. The predicted octanol–water partition coefficient (Wildman–Crippen LogP) is 3.55. The maximum Gasteiger partial charge on any atom is 0.168 e. The van der Waals surface area contributed by atoms with Gasteiger partial charge in [-0.15, -0.1) is 0 Å². The Bertz CT molecular complexity index is 436. The van der Waals surface area contributed by atoms with E-state index >= 15 is 0 Å². The van der Waals surface area contributed by atoms with Crippen LogP contribution in [-0.2, 0) is 0 Å². The van der Waals surface area contributed by atoms with Crippen LogP contribution < -0.4 is 5.32 Å². The van der Waals surface area contributed by atoms with Crippen LogP contribution in [0, 0.1) is 11.3 Å². The van der Waals surface area contributed by atoms with Crippen molar-refractivity contribution in [1.29, 1.82) is 0 Å². The molecule has 0 aromatic heterocycles. The first-order valence-corrected chi connectivity index (χ1v) is 6.90. The van der Waals surface area contributed by atoms with Gasteiger partial charge in [-0.05, 0) is 44.0 Å². The number of Topliss-reactive ketones (excluding diaryl/α,β-unsaturated/α-hetero) is 1. The second-order valence-corrected chi connectivity index (χ2v) is 6.04. The lowest BCUT2D eigenvalue weighted by atomic mass is 9.70. The van der Waals surface area contributed by atoms with E-state index in [0.29, 0.717) is 10.9 Å². The molecular weight excluding hydrogens is 246 g/mol. The first-order valence-electron chi connectivity index (χ1n) is 6.53. The third-order valence-corrected chi connectivity index (χ3v) is 4.22. The number of hydrogen-bond donors (Lipinski definition) is 1. The van der Waals surface area contributed by atoms with Gasteiger partial charge in [0.2, 0.25) is 0 Å². The number of nitrogens with one attached hydrogen (secondary N) is 1. The summed E-state index contributed by atoms with van der Waals surface area (Å²) in [6, 6.07) is 7.26. The maximum absolute atomic E-state index is 12.6. The number of benzene rings is 1. The summed E-state index contributed by atoms with van der Waals surface area (Å²) < 4.78 is 0. The van der Waals surface area contributed by atoms with Crippen LogP contribution in [0.2, 0.25) is 5.02 Å². The zero-order valence-electron chi connectivity index (χ0n) is 11.0. The summed E-state index contributed by atoms with van der Waals surface area (Å²) in [5.41, 5.74) is 0.385. The van der Waals surface area contributed by atoms with Gasteiger partial charge in [-0.1, -0.05) is 37.6 Å². The Kier molecular flexibility index (Phi) is 4.08. The van der Waals surface area contributed by atoms with Gasteiger partial charge in [0.15, 0.2) is 5.78 Å². The van der Waals surface area contributed by atoms with E-state index < -0.39 is 0 Å². The fourth-order valence-electron chi connectivity index (χ4n) is 2.65. The minimum atomic E-state index is -0.335. The van der Waals surface area contributed by atoms with Gasteiger partial charge < -0.3 is 5.32 Å². The number of carbonyl (C=O) groups excluding carboxylic acids is 1. The van der Waals surface area contributed by atoms with Gasteiger partial charge in [0, 0.05) is 16.0 Å². The van der Waals surface area contributed by atoms with E-state index in [4.69, 9.17) is 11.6 Å². The highest BCUT2D eigenvalue weighted by Gasteiger charge is 2.37. The summed E-state index contributed by atoms with van der Waals surface area (Å²) in [6.45, 7) is 6.10. The van der Waals surface area contributed by atoms with Crippen molar-refractivity contribution >= 4 is 17.4 Å². The molecule has 1 fully saturated rings. The first-order chi connectivity index (χ1) is 8.51. The molecule has 1 aromatic rings. The monoisotopic (exact) mass is 265 g/mol. The van der Waals surface area contributed by atoms with Crippen LogP contribution in [0.15, 0.2) is 24.3 Å². The van der Waals surface area contributed by atoms with Gasteiger partial charge in [0.05, 0.1) is 0 Å². The van der Waals surface area contributed by atoms with E-state index in [-0.39, 0.29) is 11.2 Å². The Hall–Kier alpha value is -0.860. The Labute approximate surface area is 114 Å². The SMILES string of the molecule is CC(C)(C(=O)c1cccc(Cl)c1)C1CCCNC1. The number of piperidine rings is 1. The first kappa shape index (κ1) is 13.6. The van der Waals surface area contributed by atoms with Crippen LogP contribution in [0.5, 0.6) is 0 Å². The smallest absolute Gasteiger partial charge is 0.168 e. The van der Waals surface area contributed by atoms with Gasteiger partial charge in [0.25, 0.3) is 0 Å². The number of halogens is 1. The molecule has 1 N–H and O–H groups in total. The third-order valence-electron chi connectivity index (χ3n) is 3.99. The lowest BCUT2D eigenvalue weighted by Crippen LogP contribution is -2.42. The topological polar surface area (TPSA) is 29.1 Å². The quantitative estimate of drug-likeness (QED) is 0.847. The molecule has 0 spiro atoms. The van der Waals surface area contributed by atoms with Gasteiger partial charge in [0.1, 0.15) is 0 Å². The van der Waals surface area contributed by atoms with E-state index in [9.17, 15) is 4.79 Å². The van der Waals surface area contributed by atoms with Crippen LogP contribution in [0.3, 0.4) is 0 Å². The molecule has 1 unspecified atom stereocenters. The lowest BCUT2D eigenvalue weighted by Gasteiger charge is -2.36. The molecular formula is C15H20ClNO. The predicted molar refractivity (Wildman–Crippen MR) is 75.2 cm³/mol. The summed E-state index contributed by atoms with van der Waals surface area (Å²) in [4.78, 5) is 12.6. The number of carbonyl (C=O) groups is 1. The molecule has 2 nitrogen and oxygen atoms in total. The van der Waals surface area contributed by atoms with Crippen LogP contribution >= 0.6 is 11.6 Å². The van der Waals surface area contributed by atoms with Crippen LogP contribution in [0.1, 0.15) is 37.0 Å². The van der Waals surface area contributed by atoms with Crippen molar-refractivity contribution in [2.75, 3.05) is 13.1 Å². The van der Waals surface area contributed by atoms with E-state index in [0.717, 1.165) is 31.5 Å². The summed E-state index contributed by atoms with van der Waals surface area (Å²) in [5, 5.41) is 4.00. The molecule has 1 atom stereocenters. The Balaban J connectivity index is 2.20. The van der Waals surface area contributed by atoms with Gasteiger partial charge >= 0.3 is 0 Å². The molecule has 0 amide bonds. The maximum atomic E-state index is 12.6. The summed E-state index contributed by atoms with van der Waals surface area (Å²) in [7, 11) is 0. The molecule has 0 aliphatic carbocycles. The van der Waals surface area contributed by atoms with Crippen molar-refractivity contribution < 1.29 is 4.79 Å². The molecule has 2 rings (SSSR count). The molecule has 1 aromatic carbocycles. The Morgan fingerprint density at radius 3 is 2.83 bits per heavy atom. The second kappa shape index (κ2) is 5.41. The normalized spacial score (nSPS) is 20.7. The lowest BCUT2D eigenvalue weighted by molar-refractivity contribution is 0.0708. The van der Waals surface area contributed by atoms with Crippen molar-refractivity contribution in [2.45, 2.75) is 26.7 Å². The molecule has 0 saturated carbocycles. The van der Waals surface area contributed by atoms with Crippen molar-refractivity contribution in [3.63, 3.8) is 0 Å². The molecule has 1 aliphatic heterocycles. The van der Waals surface area contributed by atoms with Crippen molar-refractivity contribution in [3.05, 3.63) is 34.9 Å². The third kappa shape index (κ3) is 2.76. The fourth-order valence-corrected chi connectivity index (χ4v) is 2.85. The molecule has 0 bridgehead atoms. The largest absolute Gasteiger partial charge is 0.316 e. The van der Waals surface area contributed by atoms with Crippen LogP contribution in [0.4, 0.5) is 0 Å². The summed E-state index contributed by atoms with van der Waals surface area (Å²) >= 11 is 5.96.